The lowest BCUT2D eigenvalue weighted by Gasteiger charge is -2.20. The maximum atomic E-state index is 12.2. The molecule has 1 fully saturated rings. The number of aromatic nitrogens is 1. The Kier molecular flexibility index (Phi) is 4.13. The predicted molar refractivity (Wildman–Crippen MR) is 86.6 cm³/mol. The van der Waals surface area contributed by atoms with Crippen molar-refractivity contribution in [3.8, 4) is 0 Å². The van der Waals surface area contributed by atoms with E-state index in [4.69, 9.17) is 5.73 Å². The molecule has 4 N–H and O–H groups in total. The van der Waals surface area contributed by atoms with E-state index in [0.29, 0.717) is 23.7 Å². The van der Waals surface area contributed by atoms with Gasteiger partial charge in [-0.15, -0.1) is 0 Å². The third-order valence-corrected chi connectivity index (χ3v) is 4.39. The molecule has 116 valence electrons. The molecule has 5 nitrogen and oxygen atoms in total. The SMILES string of the molecule is NC(=O)c1cc2cccc(NC(=O)CC3CCCCC3)c2[nH]1. The van der Waals surface area contributed by atoms with E-state index < -0.39 is 5.91 Å². The summed E-state index contributed by atoms with van der Waals surface area (Å²) in [6, 6.07) is 7.28. The van der Waals surface area contributed by atoms with E-state index in [9.17, 15) is 9.59 Å². The van der Waals surface area contributed by atoms with Crippen LogP contribution in [0, 0.1) is 5.92 Å². The van der Waals surface area contributed by atoms with Crippen molar-refractivity contribution in [1.82, 2.24) is 4.98 Å². The van der Waals surface area contributed by atoms with Crippen molar-refractivity contribution in [2.45, 2.75) is 38.5 Å². The molecule has 1 aliphatic carbocycles. The van der Waals surface area contributed by atoms with Crippen molar-refractivity contribution < 1.29 is 9.59 Å². The van der Waals surface area contributed by atoms with Crippen LogP contribution in [0.4, 0.5) is 5.69 Å². The van der Waals surface area contributed by atoms with Crippen molar-refractivity contribution in [1.29, 1.82) is 0 Å². The van der Waals surface area contributed by atoms with E-state index in [1.807, 2.05) is 18.2 Å². The number of nitrogens with one attached hydrogen (secondary N) is 2. The molecular formula is C17H21N3O2. The Morgan fingerprint density at radius 1 is 1.23 bits per heavy atom. The highest BCUT2D eigenvalue weighted by molar-refractivity contribution is 6.04. The Bertz CT molecular complexity index is 699. The molecule has 0 radical (unpaired) electrons. The number of amides is 2. The van der Waals surface area contributed by atoms with Crippen LogP contribution >= 0.6 is 0 Å². The summed E-state index contributed by atoms with van der Waals surface area (Å²) in [4.78, 5) is 26.5. The number of para-hydroxylation sites is 1. The van der Waals surface area contributed by atoms with Crippen LogP contribution < -0.4 is 11.1 Å². The molecule has 5 heteroatoms. The monoisotopic (exact) mass is 299 g/mol. The van der Waals surface area contributed by atoms with Gasteiger partial charge >= 0.3 is 0 Å². The van der Waals surface area contributed by atoms with Gasteiger partial charge < -0.3 is 16.0 Å². The summed E-state index contributed by atoms with van der Waals surface area (Å²) in [5.74, 6) is 0.0306. The van der Waals surface area contributed by atoms with Crippen molar-refractivity contribution in [2.24, 2.45) is 11.7 Å². The molecule has 1 aliphatic rings. The molecule has 0 unspecified atom stereocenters. The van der Waals surface area contributed by atoms with Crippen LogP contribution in [-0.4, -0.2) is 16.8 Å². The Labute approximate surface area is 129 Å². The zero-order valence-electron chi connectivity index (χ0n) is 12.5. The second-order valence-corrected chi connectivity index (χ2v) is 6.07. The number of carbonyl (C=O) groups excluding carboxylic acids is 2. The molecule has 3 rings (SSSR count). The molecule has 0 saturated heterocycles. The van der Waals surface area contributed by atoms with Gasteiger partial charge in [0.2, 0.25) is 5.91 Å². The lowest BCUT2D eigenvalue weighted by atomic mass is 9.87. The van der Waals surface area contributed by atoms with Crippen molar-refractivity contribution >= 4 is 28.4 Å². The zero-order valence-corrected chi connectivity index (χ0v) is 12.5. The highest BCUT2D eigenvalue weighted by Crippen LogP contribution is 2.28. The van der Waals surface area contributed by atoms with Crippen LogP contribution in [0.5, 0.6) is 0 Å². The van der Waals surface area contributed by atoms with Gasteiger partial charge in [-0.2, -0.15) is 0 Å². The number of anilines is 1. The minimum atomic E-state index is -0.504. The normalized spacial score (nSPS) is 15.8. The number of fused-ring (bicyclic) bond motifs is 1. The number of aromatic amines is 1. The van der Waals surface area contributed by atoms with E-state index in [1.165, 1.54) is 19.3 Å². The number of hydrogen-bond donors (Lipinski definition) is 3. The van der Waals surface area contributed by atoms with E-state index in [2.05, 4.69) is 10.3 Å². The summed E-state index contributed by atoms with van der Waals surface area (Å²) in [5, 5.41) is 3.83. The van der Waals surface area contributed by atoms with Gasteiger partial charge in [-0.05, 0) is 30.9 Å². The van der Waals surface area contributed by atoms with E-state index >= 15 is 0 Å². The quantitative estimate of drug-likeness (QED) is 0.809. The molecule has 0 spiro atoms. The van der Waals surface area contributed by atoms with E-state index in [0.717, 1.165) is 23.7 Å². The minimum absolute atomic E-state index is 0.0367. The minimum Gasteiger partial charge on any atom is -0.364 e. The van der Waals surface area contributed by atoms with Gasteiger partial charge in [0.15, 0.2) is 0 Å². The largest absolute Gasteiger partial charge is 0.364 e. The zero-order chi connectivity index (χ0) is 15.5. The fraction of sp³-hybridized carbons (Fsp3) is 0.412. The standard InChI is InChI=1S/C17H21N3O2/c18-17(22)14-10-12-7-4-8-13(16(12)20-14)19-15(21)9-11-5-2-1-3-6-11/h4,7-8,10-11,20H,1-3,5-6,9H2,(H2,18,22)(H,19,21). The van der Waals surface area contributed by atoms with Crippen LogP contribution in [0.1, 0.15) is 49.0 Å². The van der Waals surface area contributed by atoms with Crippen LogP contribution in [0.25, 0.3) is 10.9 Å². The average molecular weight is 299 g/mol. The number of H-pyrrole nitrogens is 1. The maximum absolute atomic E-state index is 12.2. The second kappa shape index (κ2) is 6.22. The number of rotatable bonds is 4. The summed E-state index contributed by atoms with van der Waals surface area (Å²) < 4.78 is 0. The van der Waals surface area contributed by atoms with Crippen molar-refractivity contribution in [3.63, 3.8) is 0 Å². The summed E-state index contributed by atoms with van der Waals surface area (Å²) in [5.41, 5.74) is 7.09. The molecule has 0 aliphatic heterocycles. The highest BCUT2D eigenvalue weighted by Gasteiger charge is 2.18. The molecular weight excluding hydrogens is 278 g/mol. The molecule has 1 aromatic carbocycles. The topological polar surface area (TPSA) is 88.0 Å². The lowest BCUT2D eigenvalue weighted by Crippen LogP contribution is -2.18. The fourth-order valence-electron chi connectivity index (χ4n) is 3.25. The summed E-state index contributed by atoms with van der Waals surface area (Å²) >= 11 is 0. The number of benzene rings is 1. The number of carbonyl (C=O) groups is 2. The summed E-state index contributed by atoms with van der Waals surface area (Å²) in [7, 11) is 0. The van der Waals surface area contributed by atoms with Gasteiger partial charge in [0.1, 0.15) is 5.69 Å². The summed E-state index contributed by atoms with van der Waals surface area (Å²) in [6.45, 7) is 0. The summed E-state index contributed by atoms with van der Waals surface area (Å²) in [6.07, 6.45) is 6.60. The van der Waals surface area contributed by atoms with Crippen LogP contribution in [0.15, 0.2) is 24.3 Å². The number of hydrogen-bond acceptors (Lipinski definition) is 2. The first-order chi connectivity index (χ1) is 10.6. The predicted octanol–water partition coefficient (Wildman–Crippen LogP) is 3.18. The Balaban J connectivity index is 1.75. The van der Waals surface area contributed by atoms with Gasteiger partial charge in [0, 0.05) is 11.8 Å². The van der Waals surface area contributed by atoms with Gasteiger partial charge in [-0.3, -0.25) is 9.59 Å². The van der Waals surface area contributed by atoms with Crippen LogP contribution in [0.2, 0.25) is 0 Å². The molecule has 1 heterocycles. The molecule has 1 saturated carbocycles. The lowest BCUT2D eigenvalue weighted by molar-refractivity contribution is -0.117. The molecule has 2 aromatic rings. The molecule has 22 heavy (non-hydrogen) atoms. The van der Waals surface area contributed by atoms with Crippen molar-refractivity contribution in [3.05, 3.63) is 30.0 Å². The molecule has 0 bridgehead atoms. The fourth-order valence-corrected chi connectivity index (χ4v) is 3.25. The first-order valence-electron chi connectivity index (χ1n) is 7.85. The third kappa shape index (κ3) is 3.13. The van der Waals surface area contributed by atoms with Gasteiger partial charge in [0.25, 0.3) is 5.91 Å². The Hall–Kier alpha value is -2.30. The molecule has 0 atom stereocenters. The van der Waals surface area contributed by atoms with Crippen LogP contribution in [-0.2, 0) is 4.79 Å². The van der Waals surface area contributed by atoms with Gasteiger partial charge in [-0.1, -0.05) is 31.4 Å². The van der Waals surface area contributed by atoms with Gasteiger partial charge in [-0.25, -0.2) is 0 Å². The molecule has 1 aromatic heterocycles. The second-order valence-electron chi connectivity index (χ2n) is 6.07. The average Bonchev–Trinajstić information content (AvgIpc) is 2.93. The maximum Gasteiger partial charge on any atom is 0.265 e. The highest BCUT2D eigenvalue weighted by atomic mass is 16.2. The Morgan fingerprint density at radius 2 is 2.00 bits per heavy atom. The van der Waals surface area contributed by atoms with Crippen molar-refractivity contribution in [2.75, 3.05) is 5.32 Å². The van der Waals surface area contributed by atoms with E-state index in [-0.39, 0.29) is 5.91 Å². The van der Waals surface area contributed by atoms with E-state index in [1.54, 1.807) is 6.07 Å². The third-order valence-electron chi connectivity index (χ3n) is 4.39. The first kappa shape index (κ1) is 14.6. The Morgan fingerprint density at radius 3 is 2.73 bits per heavy atom. The van der Waals surface area contributed by atoms with Crippen LogP contribution in [0.3, 0.4) is 0 Å². The molecule has 2 amide bonds. The van der Waals surface area contributed by atoms with Gasteiger partial charge in [0.05, 0.1) is 11.2 Å². The first-order valence-corrected chi connectivity index (χ1v) is 7.85. The number of nitrogens with two attached hydrogens (primary N) is 1. The smallest absolute Gasteiger partial charge is 0.265 e. The number of primary amides is 1.